The Morgan fingerprint density at radius 1 is 0.828 bits per heavy atom. The number of rotatable bonds is 9. The molecular formula is C25H28N2O2. The number of carbonyl (C=O) groups is 2. The molecule has 2 aromatic carbocycles. The first-order valence-electron chi connectivity index (χ1n) is 10.2. The summed E-state index contributed by atoms with van der Waals surface area (Å²) in [7, 11) is 0. The Balaban J connectivity index is 2.05. The van der Waals surface area contributed by atoms with Crippen LogP contribution in [0.2, 0.25) is 0 Å². The second kappa shape index (κ2) is 9.37. The van der Waals surface area contributed by atoms with Crippen molar-refractivity contribution in [2.75, 3.05) is 10.0 Å². The Morgan fingerprint density at radius 2 is 1.34 bits per heavy atom. The van der Waals surface area contributed by atoms with E-state index in [1.54, 1.807) is 6.08 Å². The van der Waals surface area contributed by atoms with Gasteiger partial charge in [0.1, 0.15) is 5.41 Å². The van der Waals surface area contributed by atoms with Gasteiger partial charge in [-0.25, -0.2) is 10.0 Å². The first-order valence-corrected chi connectivity index (χ1v) is 10.2. The van der Waals surface area contributed by atoms with Gasteiger partial charge in [-0.15, -0.1) is 6.58 Å². The average molecular weight is 389 g/mol. The number of hydrogen-bond acceptors (Lipinski definition) is 2. The van der Waals surface area contributed by atoms with Crippen LogP contribution in [0.3, 0.4) is 0 Å². The number of benzene rings is 2. The van der Waals surface area contributed by atoms with Gasteiger partial charge in [0.15, 0.2) is 0 Å². The first-order chi connectivity index (χ1) is 14.2. The zero-order valence-electron chi connectivity index (χ0n) is 17.0. The molecule has 29 heavy (non-hydrogen) atoms. The van der Waals surface area contributed by atoms with Crippen molar-refractivity contribution < 1.29 is 9.59 Å². The molecule has 1 fully saturated rings. The fourth-order valence-corrected chi connectivity index (χ4v) is 3.69. The van der Waals surface area contributed by atoms with Crippen LogP contribution >= 0.6 is 0 Å². The summed E-state index contributed by atoms with van der Waals surface area (Å²) in [5.41, 5.74) is 0.182. The van der Waals surface area contributed by atoms with Gasteiger partial charge in [0, 0.05) is 0 Å². The van der Waals surface area contributed by atoms with Gasteiger partial charge in [0.2, 0.25) is 0 Å². The molecule has 1 aliphatic heterocycles. The maximum atomic E-state index is 13.7. The highest BCUT2D eigenvalue weighted by Gasteiger charge is 2.57. The summed E-state index contributed by atoms with van der Waals surface area (Å²) < 4.78 is 0. The molecule has 0 aromatic heterocycles. The van der Waals surface area contributed by atoms with E-state index in [1.165, 1.54) is 10.0 Å². The van der Waals surface area contributed by atoms with Gasteiger partial charge in [0.05, 0.1) is 11.4 Å². The summed E-state index contributed by atoms with van der Waals surface area (Å²) >= 11 is 0. The number of hydrogen-bond donors (Lipinski definition) is 0. The molecule has 1 saturated heterocycles. The molecule has 0 spiro atoms. The van der Waals surface area contributed by atoms with Crippen molar-refractivity contribution in [3.63, 3.8) is 0 Å². The lowest BCUT2D eigenvalue weighted by Crippen LogP contribution is -2.41. The van der Waals surface area contributed by atoms with E-state index in [9.17, 15) is 9.59 Å². The van der Waals surface area contributed by atoms with E-state index in [0.29, 0.717) is 24.2 Å². The van der Waals surface area contributed by atoms with Crippen molar-refractivity contribution in [1.82, 2.24) is 0 Å². The van der Waals surface area contributed by atoms with Crippen molar-refractivity contribution >= 4 is 23.2 Å². The summed E-state index contributed by atoms with van der Waals surface area (Å²) in [6.07, 6.45) is 9.56. The lowest BCUT2D eigenvalue weighted by Gasteiger charge is -2.27. The van der Waals surface area contributed by atoms with Gasteiger partial charge in [0.25, 0.3) is 11.8 Å². The van der Waals surface area contributed by atoms with Crippen LogP contribution in [-0.2, 0) is 9.59 Å². The van der Waals surface area contributed by atoms with E-state index in [2.05, 4.69) is 19.6 Å². The minimum absolute atomic E-state index is 0.211. The zero-order chi connectivity index (χ0) is 20.7. The SMILES string of the molecule is C=CCC1(CC=CCCCC)C(=O)N(c2ccccc2)N(c2ccccc2)C1=O. The van der Waals surface area contributed by atoms with Crippen LogP contribution in [0.25, 0.3) is 0 Å². The molecule has 2 aromatic rings. The topological polar surface area (TPSA) is 40.6 Å². The third kappa shape index (κ3) is 4.02. The van der Waals surface area contributed by atoms with E-state index in [-0.39, 0.29) is 11.8 Å². The van der Waals surface area contributed by atoms with Gasteiger partial charge < -0.3 is 0 Å². The van der Waals surface area contributed by atoms with Gasteiger partial charge >= 0.3 is 0 Å². The highest BCUT2D eigenvalue weighted by atomic mass is 16.2. The van der Waals surface area contributed by atoms with E-state index in [0.717, 1.165) is 19.3 Å². The van der Waals surface area contributed by atoms with Gasteiger partial charge in [-0.1, -0.05) is 74.4 Å². The zero-order valence-corrected chi connectivity index (χ0v) is 17.0. The Kier molecular flexibility index (Phi) is 6.65. The number of allylic oxidation sites excluding steroid dienone is 3. The van der Waals surface area contributed by atoms with Crippen molar-refractivity contribution in [2.45, 2.75) is 39.0 Å². The maximum Gasteiger partial charge on any atom is 0.262 e. The van der Waals surface area contributed by atoms with Crippen LogP contribution in [0, 0.1) is 5.41 Å². The molecule has 0 unspecified atom stereocenters. The molecule has 0 aliphatic carbocycles. The van der Waals surface area contributed by atoms with E-state index < -0.39 is 5.41 Å². The molecule has 0 radical (unpaired) electrons. The van der Waals surface area contributed by atoms with Gasteiger partial charge in [-0.2, -0.15) is 0 Å². The standard InChI is InChI=1S/C25H28N2O2/c1-3-5-6-7-14-20-25(19-4-2)23(28)26(21-15-10-8-11-16-21)27(24(25)29)22-17-12-9-13-18-22/h4,7-18H,2-3,5-6,19-20H2,1H3. The molecule has 0 bridgehead atoms. The predicted octanol–water partition coefficient (Wildman–Crippen LogP) is 5.68. The van der Waals surface area contributed by atoms with Crippen LogP contribution in [-0.4, -0.2) is 11.8 Å². The molecule has 150 valence electrons. The largest absolute Gasteiger partial charge is 0.271 e. The van der Waals surface area contributed by atoms with Crippen LogP contribution in [0.15, 0.2) is 85.5 Å². The maximum absolute atomic E-state index is 13.7. The number of hydrazine groups is 1. The molecule has 1 aliphatic rings. The summed E-state index contributed by atoms with van der Waals surface area (Å²) in [4.78, 5) is 27.4. The Bertz CT molecular complexity index is 817. The molecule has 2 amide bonds. The summed E-state index contributed by atoms with van der Waals surface area (Å²) in [5, 5.41) is 3.03. The lowest BCUT2D eigenvalue weighted by molar-refractivity contribution is -0.134. The summed E-state index contributed by atoms with van der Waals surface area (Å²) in [5.74, 6) is -0.421. The molecule has 3 rings (SSSR count). The molecule has 0 N–H and O–H groups in total. The van der Waals surface area contributed by atoms with Crippen LogP contribution < -0.4 is 10.0 Å². The van der Waals surface area contributed by atoms with Crippen LogP contribution in [0.4, 0.5) is 11.4 Å². The summed E-state index contributed by atoms with van der Waals surface area (Å²) in [6, 6.07) is 18.7. The Hall–Kier alpha value is -3.14. The number of carbonyl (C=O) groups excluding carboxylic acids is 2. The van der Waals surface area contributed by atoms with Crippen molar-refractivity contribution in [1.29, 1.82) is 0 Å². The minimum atomic E-state index is -1.17. The molecule has 4 nitrogen and oxygen atoms in total. The average Bonchev–Trinajstić information content (AvgIpc) is 2.97. The fraction of sp³-hybridized carbons (Fsp3) is 0.280. The highest BCUT2D eigenvalue weighted by Crippen LogP contribution is 2.43. The highest BCUT2D eigenvalue weighted by molar-refractivity contribution is 6.26. The van der Waals surface area contributed by atoms with E-state index >= 15 is 0 Å². The van der Waals surface area contributed by atoms with E-state index in [4.69, 9.17) is 0 Å². The number of nitrogens with zero attached hydrogens (tertiary/aromatic N) is 2. The van der Waals surface area contributed by atoms with Crippen molar-refractivity contribution in [3.05, 3.63) is 85.5 Å². The molecule has 0 atom stereocenters. The minimum Gasteiger partial charge on any atom is -0.271 e. The van der Waals surface area contributed by atoms with Gasteiger partial charge in [-0.05, 0) is 43.5 Å². The second-order valence-corrected chi connectivity index (χ2v) is 7.30. The molecule has 0 saturated carbocycles. The lowest BCUT2D eigenvalue weighted by atomic mass is 9.79. The number of para-hydroxylation sites is 2. The van der Waals surface area contributed by atoms with Gasteiger partial charge in [-0.3, -0.25) is 9.59 Å². The molecule has 4 heteroatoms. The van der Waals surface area contributed by atoms with Crippen LogP contribution in [0.1, 0.15) is 39.0 Å². The monoisotopic (exact) mass is 388 g/mol. The molecule has 1 heterocycles. The Morgan fingerprint density at radius 3 is 1.79 bits per heavy atom. The fourth-order valence-electron chi connectivity index (χ4n) is 3.69. The molecular weight excluding hydrogens is 360 g/mol. The van der Waals surface area contributed by atoms with Crippen molar-refractivity contribution in [2.24, 2.45) is 5.41 Å². The van der Waals surface area contributed by atoms with Crippen molar-refractivity contribution in [3.8, 4) is 0 Å². The van der Waals surface area contributed by atoms with E-state index in [1.807, 2.05) is 66.7 Å². The quantitative estimate of drug-likeness (QED) is 0.315. The number of amides is 2. The third-order valence-corrected chi connectivity index (χ3v) is 5.26. The first kappa shape index (κ1) is 20.6. The summed E-state index contributed by atoms with van der Waals surface area (Å²) in [6.45, 7) is 5.97. The van der Waals surface area contributed by atoms with Crippen LogP contribution in [0.5, 0.6) is 0 Å². The normalized spacial score (nSPS) is 16.0. The smallest absolute Gasteiger partial charge is 0.262 e. The second-order valence-electron chi connectivity index (χ2n) is 7.30. The number of anilines is 2. The third-order valence-electron chi connectivity index (χ3n) is 5.26. The Labute approximate surface area is 173 Å². The number of unbranched alkanes of at least 4 members (excludes halogenated alkanes) is 2. The predicted molar refractivity (Wildman–Crippen MR) is 118 cm³/mol.